The summed E-state index contributed by atoms with van der Waals surface area (Å²) in [6.07, 6.45) is 2.83. The molecule has 7 nitrogen and oxygen atoms in total. The van der Waals surface area contributed by atoms with Gasteiger partial charge in [-0.2, -0.15) is 0 Å². The van der Waals surface area contributed by atoms with E-state index < -0.39 is 12.0 Å². The van der Waals surface area contributed by atoms with Crippen LogP contribution in [0.4, 0.5) is 0 Å². The SMILES string of the molecule is O=C(O)c1ccccc1CC(=O)N1CCCC1C(=O)NCc1ccco1. The Morgan fingerprint density at radius 1 is 1.19 bits per heavy atom. The molecule has 0 saturated carbocycles. The molecule has 136 valence electrons. The molecule has 0 aliphatic carbocycles. The predicted molar refractivity (Wildman–Crippen MR) is 92.4 cm³/mol. The highest BCUT2D eigenvalue weighted by Crippen LogP contribution is 2.20. The molecule has 26 heavy (non-hydrogen) atoms. The van der Waals surface area contributed by atoms with Gasteiger partial charge in [-0.25, -0.2) is 4.79 Å². The highest BCUT2D eigenvalue weighted by atomic mass is 16.4. The average Bonchev–Trinajstić information content (AvgIpc) is 3.31. The van der Waals surface area contributed by atoms with Gasteiger partial charge in [-0.15, -0.1) is 0 Å². The van der Waals surface area contributed by atoms with Gasteiger partial charge in [0.2, 0.25) is 11.8 Å². The Morgan fingerprint density at radius 2 is 2.00 bits per heavy atom. The van der Waals surface area contributed by atoms with Gasteiger partial charge in [0, 0.05) is 6.54 Å². The fourth-order valence-corrected chi connectivity index (χ4v) is 3.19. The fourth-order valence-electron chi connectivity index (χ4n) is 3.19. The van der Waals surface area contributed by atoms with Crippen molar-refractivity contribution in [3.63, 3.8) is 0 Å². The van der Waals surface area contributed by atoms with Gasteiger partial charge in [-0.1, -0.05) is 18.2 Å². The molecule has 1 aromatic carbocycles. The van der Waals surface area contributed by atoms with E-state index in [0.29, 0.717) is 24.3 Å². The molecule has 1 fully saturated rings. The molecule has 3 rings (SSSR count). The maximum absolute atomic E-state index is 12.7. The van der Waals surface area contributed by atoms with E-state index in [1.54, 1.807) is 30.3 Å². The molecule has 0 bridgehead atoms. The first-order chi connectivity index (χ1) is 12.6. The number of amides is 2. The van der Waals surface area contributed by atoms with Crippen LogP contribution >= 0.6 is 0 Å². The first-order valence-electron chi connectivity index (χ1n) is 8.47. The molecule has 2 amide bonds. The number of nitrogens with one attached hydrogen (secondary N) is 1. The quantitative estimate of drug-likeness (QED) is 0.822. The van der Waals surface area contributed by atoms with E-state index in [9.17, 15) is 19.5 Å². The summed E-state index contributed by atoms with van der Waals surface area (Å²) < 4.78 is 5.18. The van der Waals surface area contributed by atoms with Crippen molar-refractivity contribution >= 4 is 17.8 Å². The second-order valence-corrected chi connectivity index (χ2v) is 6.18. The molecule has 2 heterocycles. The van der Waals surface area contributed by atoms with Crippen LogP contribution in [-0.4, -0.2) is 40.4 Å². The van der Waals surface area contributed by atoms with E-state index in [2.05, 4.69) is 5.32 Å². The highest BCUT2D eigenvalue weighted by molar-refractivity contribution is 5.93. The number of benzene rings is 1. The van der Waals surface area contributed by atoms with Crippen molar-refractivity contribution in [1.82, 2.24) is 10.2 Å². The van der Waals surface area contributed by atoms with E-state index in [-0.39, 0.29) is 30.3 Å². The minimum Gasteiger partial charge on any atom is -0.478 e. The first-order valence-corrected chi connectivity index (χ1v) is 8.47. The van der Waals surface area contributed by atoms with Crippen molar-refractivity contribution in [2.24, 2.45) is 0 Å². The maximum atomic E-state index is 12.7. The van der Waals surface area contributed by atoms with Crippen molar-refractivity contribution in [2.75, 3.05) is 6.54 Å². The van der Waals surface area contributed by atoms with Crippen LogP contribution in [0.25, 0.3) is 0 Å². The zero-order valence-electron chi connectivity index (χ0n) is 14.2. The van der Waals surface area contributed by atoms with Crippen molar-refractivity contribution in [3.8, 4) is 0 Å². The Morgan fingerprint density at radius 3 is 2.73 bits per heavy atom. The smallest absolute Gasteiger partial charge is 0.335 e. The Hall–Kier alpha value is -3.09. The summed E-state index contributed by atoms with van der Waals surface area (Å²) in [6.45, 7) is 0.763. The topological polar surface area (TPSA) is 99.9 Å². The molecular formula is C19H20N2O5. The van der Waals surface area contributed by atoms with Gasteiger partial charge < -0.3 is 19.7 Å². The summed E-state index contributed by atoms with van der Waals surface area (Å²) in [6, 6.07) is 9.40. The lowest BCUT2D eigenvalue weighted by Crippen LogP contribution is -2.46. The molecule has 0 spiro atoms. The number of nitrogens with zero attached hydrogens (tertiary/aromatic N) is 1. The van der Waals surface area contributed by atoms with Gasteiger partial charge >= 0.3 is 5.97 Å². The molecule has 7 heteroatoms. The number of carbonyl (C=O) groups is 3. The zero-order chi connectivity index (χ0) is 18.5. The second kappa shape index (κ2) is 7.86. The van der Waals surface area contributed by atoms with Crippen molar-refractivity contribution < 1.29 is 23.9 Å². The summed E-state index contributed by atoms with van der Waals surface area (Å²) in [5, 5.41) is 12.0. The Kier molecular flexibility index (Phi) is 5.36. The number of furan rings is 1. The van der Waals surface area contributed by atoms with E-state index in [0.717, 1.165) is 6.42 Å². The molecule has 2 aromatic rings. The summed E-state index contributed by atoms with van der Waals surface area (Å²) in [7, 11) is 0. The Balaban J connectivity index is 1.65. The monoisotopic (exact) mass is 356 g/mol. The normalized spacial score (nSPS) is 16.5. The van der Waals surface area contributed by atoms with Gasteiger partial charge in [0.25, 0.3) is 0 Å². The molecule has 2 N–H and O–H groups in total. The summed E-state index contributed by atoms with van der Waals surface area (Å²) in [5.41, 5.74) is 0.561. The minimum absolute atomic E-state index is 0.0373. The number of carboxylic acid groups (broad SMARTS) is 1. The molecule has 1 aliphatic rings. The summed E-state index contributed by atoms with van der Waals surface area (Å²) in [5.74, 6) is -0.889. The molecular weight excluding hydrogens is 336 g/mol. The Labute approximate surface area is 150 Å². The van der Waals surface area contributed by atoms with Crippen LogP contribution < -0.4 is 5.32 Å². The van der Waals surface area contributed by atoms with Gasteiger partial charge in [0.05, 0.1) is 24.8 Å². The van der Waals surface area contributed by atoms with Crippen molar-refractivity contribution in [1.29, 1.82) is 0 Å². The van der Waals surface area contributed by atoms with E-state index in [1.165, 1.54) is 17.2 Å². The van der Waals surface area contributed by atoms with E-state index >= 15 is 0 Å². The number of aromatic carboxylic acids is 1. The predicted octanol–water partition coefficient (Wildman–Crippen LogP) is 1.83. The maximum Gasteiger partial charge on any atom is 0.335 e. The number of carboxylic acids is 1. The van der Waals surface area contributed by atoms with Crippen LogP contribution in [0.3, 0.4) is 0 Å². The lowest BCUT2D eigenvalue weighted by molar-refractivity contribution is -0.138. The number of likely N-dealkylation sites (tertiary alicyclic amines) is 1. The van der Waals surface area contributed by atoms with Gasteiger partial charge in [0.15, 0.2) is 0 Å². The van der Waals surface area contributed by atoms with E-state index in [1.807, 2.05) is 0 Å². The van der Waals surface area contributed by atoms with Crippen LogP contribution in [0, 0.1) is 0 Å². The van der Waals surface area contributed by atoms with Crippen LogP contribution in [0.1, 0.15) is 34.5 Å². The number of carbonyl (C=O) groups excluding carboxylic acids is 2. The minimum atomic E-state index is -1.07. The third kappa shape index (κ3) is 3.93. The molecule has 1 aromatic heterocycles. The molecule has 1 saturated heterocycles. The largest absolute Gasteiger partial charge is 0.478 e. The summed E-state index contributed by atoms with van der Waals surface area (Å²) >= 11 is 0. The number of hydrogen-bond acceptors (Lipinski definition) is 4. The van der Waals surface area contributed by atoms with Crippen LogP contribution in [0.2, 0.25) is 0 Å². The second-order valence-electron chi connectivity index (χ2n) is 6.18. The molecule has 1 atom stereocenters. The van der Waals surface area contributed by atoms with Crippen LogP contribution in [-0.2, 0) is 22.6 Å². The van der Waals surface area contributed by atoms with E-state index in [4.69, 9.17) is 4.42 Å². The summed E-state index contributed by atoms with van der Waals surface area (Å²) in [4.78, 5) is 37.9. The number of hydrogen-bond donors (Lipinski definition) is 2. The first kappa shape index (κ1) is 17.7. The van der Waals surface area contributed by atoms with Crippen LogP contribution in [0.15, 0.2) is 47.1 Å². The zero-order valence-corrected chi connectivity index (χ0v) is 14.2. The van der Waals surface area contributed by atoms with Crippen molar-refractivity contribution in [2.45, 2.75) is 31.8 Å². The number of rotatable bonds is 6. The van der Waals surface area contributed by atoms with Crippen LogP contribution in [0.5, 0.6) is 0 Å². The fraction of sp³-hybridized carbons (Fsp3) is 0.316. The Bertz CT molecular complexity index is 800. The third-order valence-corrected chi connectivity index (χ3v) is 4.48. The van der Waals surface area contributed by atoms with Crippen molar-refractivity contribution in [3.05, 3.63) is 59.5 Å². The van der Waals surface area contributed by atoms with Gasteiger partial charge in [0.1, 0.15) is 11.8 Å². The third-order valence-electron chi connectivity index (χ3n) is 4.48. The molecule has 1 aliphatic heterocycles. The lowest BCUT2D eigenvalue weighted by Gasteiger charge is -2.24. The highest BCUT2D eigenvalue weighted by Gasteiger charge is 2.34. The average molecular weight is 356 g/mol. The van der Waals surface area contributed by atoms with Gasteiger partial charge in [-0.05, 0) is 36.6 Å². The lowest BCUT2D eigenvalue weighted by atomic mass is 10.0. The molecule has 1 unspecified atom stereocenters. The standard InChI is InChI=1S/C19H20N2O5/c22-17(11-13-5-1-2-7-15(13)19(24)25)21-9-3-8-16(21)18(23)20-12-14-6-4-10-26-14/h1-2,4-7,10,16H,3,8-9,11-12H2,(H,20,23)(H,24,25). The van der Waals surface area contributed by atoms with Gasteiger partial charge in [-0.3, -0.25) is 9.59 Å². The molecule has 0 radical (unpaired) electrons.